The lowest BCUT2D eigenvalue weighted by molar-refractivity contribution is 0.0127. The van der Waals surface area contributed by atoms with Crippen LogP contribution in [-0.2, 0) is 4.74 Å². The van der Waals surface area contributed by atoms with E-state index in [1.54, 1.807) is 11.0 Å². The van der Waals surface area contributed by atoms with Crippen LogP contribution in [0.25, 0.3) is 0 Å². The normalized spacial score (nSPS) is 16.5. The van der Waals surface area contributed by atoms with E-state index >= 15 is 0 Å². The Balaban J connectivity index is 1.87. The first-order valence-electron chi connectivity index (χ1n) is 7.30. The molecule has 1 amide bonds. The molecule has 0 aromatic carbocycles. The number of anilines is 1. The zero-order valence-electron chi connectivity index (χ0n) is 13.1. The fourth-order valence-corrected chi connectivity index (χ4v) is 2.34. The molecule has 7 heteroatoms. The molecule has 2 heterocycles. The van der Waals surface area contributed by atoms with Crippen LogP contribution in [0.3, 0.4) is 0 Å². The van der Waals surface area contributed by atoms with E-state index in [1.807, 2.05) is 20.8 Å². The van der Waals surface area contributed by atoms with Crippen molar-refractivity contribution in [1.29, 1.82) is 0 Å². The minimum absolute atomic E-state index is 0.00186. The summed E-state index contributed by atoms with van der Waals surface area (Å²) in [4.78, 5) is 17.6. The molecule has 1 aliphatic rings. The number of nitrogens with two attached hydrogens (primary N) is 1. The van der Waals surface area contributed by atoms with Crippen LogP contribution < -0.4 is 10.5 Å². The highest BCUT2D eigenvalue weighted by Crippen LogP contribution is 2.28. The maximum Gasteiger partial charge on any atom is 0.410 e. The quantitative estimate of drug-likeness (QED) is 0.903. The number of amides is 1. The van der Waals surface area contributed by atoms with Crippen molar-refractivity contribution in [3.8, 4) is 5.75 Å². The van der Waals surface area contributed by atoms with Gasteiger partial charge in [-0.3, -0.25) is 0 Å². The monoisotopic (exact) mass is 327 g/mol. The van der Waals surface area contributed by atoms with Crippen molar-refractivity contribution >= 4 is 23.5 Å². The van der Waals surface area contributed by atoms with Crippen molar-refractivity contribution in [3.05, 3.63) is 17.3 Å². The number of carbonyl (C=O) groups is 1. The minimum atomic E-state index is -0.480. The number of hydrogen-bond donors (Lipinski definition) is 1. The second-order valence-corrected chi connectivity index (χ2v) is 6.73. The first-order valence-corrected chi connectivity index (χ1v) is 7.68. The average molecular weight is 328 g/mol. The second-order valence-electron chi connectivity index (χ2n) is 6.32. The summed E-state index contributed by atoms with van der Waals surface area (Å²) in [5.41, 5.74) is 5.15. The summed E-state index contributed by atoms with van der Waals surface area (Å²) in [5.74, 6) is 0.899. The zero-order chi connectivity index (χ0) is 16.3. The van der Waals surface area contributed by atoms with Crippen LogP contribution in [0.15, 0.2) is 12.3 Å². The third kappa shape index (κ3) is 4.66. The average Bonchev–Trinajstić information content (AvgIpc) is 2.42. The molecule has 2 rings (SSSR count). The number of aromatic nitrogens is 1. The summed E-state index contributed by atoms with van der Waals surface area (Å²) >= 11 is 6.04. The SMILES string of the molecule is CC(C)(C)OC(=O)N1CCC(Oc2cc(N)ncc2Cl)CC1. The Morgan fingerprint density at radius 1 is 1.41 bits per heavy atom. The molecule has 0 aliphatic carbocycles. The Labute approximate surface area is 135 Å². The van der Waals surface area contributed by atoms with Gasteiger partial charge in [-0.05, 0) is 20.8 Å². The third-order valence-electron chi connectivity index (χ3n) is 3.23. The molecule has 1 fully saturated rings. The van der Waals surface area contributed by atoms with Crippen molar-refractivity contribution in [2.24, 2.45) is 0 Å². The summed E-state index contributed by atoms with van der Waals surface area (Å²) in [6.07, 6.45) is 2.63. The number of ether oxygens (including phenoxy) is 2. The van der Waals surface area contributed by atoms with Crippen molar-refractivity contribution < 1.29 is 14.3 Å². The maximum atomic E-state index is 12.0. The van der Waals surface area contributed by atoms with E-state index < -0.39 is 5.60 Å². The van der Waals surface area contributed by atoms with Gasteiger partial charge in [-0.2, -0.15) is 0 Å². The van der Waals surface area contributed by atoms with Gasteiger partial charge in [-0.25, -0.2) is 9.78 Å². The highest BCUT2D eigenvalue weighted by atomic mass is 35.5. The van der Waals surface area contributed by atoms with Crippen molar-refractivity contribution in [2.45, 2.75) is 45.3 Å². The highest BCUT2D eigenvalue weighted by molar-refractivity contribution is 6.31. The fourth-order valence-electron chi connectivity index (χ4n) is 2.19. The van der Waals surface area contributed by atoms with Crippen molar-refractivity contribution in [3.63, 3.8) is 0 Å². The molecule has 1 aromatic rings. The lowest BCUT2D eigenvalue weighted by Gasteiger charge is -2.33. The predicted octanol–water partition coefficient (Wildman–Crippen LogP) is 3.10. The van der Waals surface area contributed by atoms with Crippen LogP contribution in [0, 0.1) is 0 Å². The number of pyridine rings is 1. The minimum Gasteiger partial charge on any atom is -0.489 e. The number of rotatable bonds is 2. The first kappa shape index (κ1) is 16.7. The molecule has 1 aromatic heterocycles. The van der Waals surface area contributed by atoms with E-state index in [9.17, 15) is 4.79 Å². The maximum absolute atomic E-state index is 12.0. The number of piperidine rings is 1. The Morgan fingerprint density at radius 2 is 2.05 bits per heavy atom. The molecule has 22 heavy (non-hydrogen) atoms. The topological polar surface area (TPSA) is 77.7 Å². The van der Waals surface area contributed by atoms with Gasteiger partial charge in [0, 0.05) is 32.0 Å². The van der Waals surface area contributed by atoms with E-state index in [0.717, 1.165) is 12.8 Å². The number of hydrogen-bond acceptors (Lipinski definition) is 5. The smallest absolute Gasteiger partial charge is 0.410 e. The molecule has 0 bridgehead atoms. The van der Waals surface area contributed by atoms with Gasteiger partial charge in [-0.15, -0.1) is 0 Å². The summed E-state index contributed by atoms with van der Waals surface area (Å²) in [6, 6.07) is 1.61. The molecule has 0 unspecified atom stereocenters. The lowest BCUT2D eigenvalue weighted by Crippen LogP contribution is -2.44. The molecule has 0 saturated carbocycles. The Morgan fingerprint density at radius 3 is 2.64 bits per heavy atom. The molecule has 1 saturated heterocycles. The number of likely N-dealkylation sites (tertiary alicyclic amines) is 1. The van der Waals surface area contributed by atoms with E-state index in [0.29, 0.717) is 29.7 Å². The van der Waals surface area contributed by atoms with Gasteiger partial charge >= 0.3 is 6.09 Å². The summed E-state index contributed by atoms with van der Waals surface area (Å²) in [5, 5.41) is 0.434. The van der Waals surface area contributed by atoms with Gasteiger partial charge in [0.15, 0.2) is 0 Å². The van der Waals surface area contributed by atoms with E-state index in [2.05, 4.69) is 4.98 Å². The summed E-state index contributed by atoms with van der Waals surface area (Å²) in [6.45, 7) is 6.76. The van der Waals surface area contributed by atoms with E-state index in [-0.39, 0.29) is 12.2 Å². The molecule has 0 spiro atoms. The first-order chi connectivity index (χ1) is 10.2. The summed E-state index contributed by atoms with van der Waals surface area (Å²) < 4.78 is 11.2. The van der Waals surface area contributed by atoms with Crippen molar-refractivity contribution in [1.82, 2.24) is 9.88 Å². The van der Waals surface area contributed by atoms with Crippen LogP contribution in [0.5, 0.6) is 5.75 Å². The number of nitrogens with zero attached hydrogens (tertiary/aromatic N) is 2. The van der Waals surface area contributed by atoms with Crippen LogP contribution in [0.1, 0.15) is 33.6 Å². The molecule has 0 atom stereocenters. The molecule has 6 nitrogen and oxygen atoms in total. The standard InChI is InChI=1S/C15H22ClN3O3/c1-15(2,3)22-14(20)19-6-4-10(5-7-19)21-12-8-13(17)18-9-11(12)16/h8-10H,4-7H2,1-3H3,(H2,17,18). The lowest BCUT2D eigenvalue weighted by atomic mass is 10.1. The van der Waals surface area contributed by atoms with Gasteiger partial charge in [0.1, 0.15) is 28.3 Å². The van der Waals surface area contributed by atoms with Gasteiger partial charge in [-0.1, -0.05) is 11.6 Å². The second kappa shape index (κ2) is 6.60. The molecule has 2 N–H and O–H groups in total. The Bertz CT molecular complexity index is 537. The largest absolute Gasteiger partial charge is 0.489 e. The Hall–Kier alpha value is -1.69. The van der Waals surface area contributed by atoms with Gasteiger partial charge in [0.05, 0.1) is 6.20 Å². The van der Waals surface area contributed by atoms with Gasteiger partial charge in [0.25, 0.3) is 0 Å². The molecule has 1 aliphatic heterocycles. The number of nitrogen functional groups attached to an aromatic ring is 1. The fraction of sp³-hybridized carbons (Fsp3) is 0.600. The van der Waals surface area contributed by atoms with E-state index in [1.165, 1.54) is 6.20 Å². The number of halogens is 1. The zero-order valence-corrected chi connectivity index (χ0v) is 13.9. The van der Waals surface area contributed by atoms with Crippen LogP contribution in [0.2, 0.25) is 5.02 Å². The molecule has 122 valence electrons. The summed E-state index contributed by atoms with van der Waals surface area (Å²) in [7, 11) is 0. The van der Waals surface area contributed by atoms with Crippen LogP contribution in [-0.4, -0.2) is 40.8 Å². The molecular weight excluding hydrogens is 306 g/mol. The van der Waals surface area contributed by atoms with E-state index in [4.69, 9.17) is 26.8 Å². The van der Waals surface area contributed by atoms with Gasteiger partial charge in [0.2, 0.25) is 0 Å². The van der Waals surface area contributed by atoms with Crippen LogP contribution in [0.4, 0.5) is 10.6 Å². The molecule has 0 radical (unpaired) electrons. The predicted molar refractivity (Wildman–Crippen MR) is 85.1 cm³/mol. The van der Waals surface area contributed by atoms with Gasteiger partial charge < -0.3 is 20.1 Å². The van der Waals surface area contributed by atoms with Crippen LogP contribution >= 0.6 is 11.6 Å². The number of carbonyl (C=O) groups excluding carboxylic acids is 1. The molecular formula is C15H22ClN3O3. The highest BCUT2D eigenvalue weighted by Gasteiger charge is 2.27. The third-order valence-corrected chi connectivity index (χ3v) is 3.51. The van der Waals surface area contributed by atoms with Crippen molar-refractivity contribution in [2.75, 3.05) is 18.8 Å². The Kier molecular flexibility index (Phi) is 5.01.